The lowest BCUT2D eigenvalue weighted by atomic mass is 10.1. The zero-order chi connectivity index (χ0) is 15.9. The van der Waals surface area contributed by atoms with E-state index < -0.39 is 0 Å². The van der Waals surface area contributed by atoms with Gasteiger partial charge in [-0.05, 0) is 30.7 Å². The van der Waals surface area contributed by atoms with Gasteiger partial charge < -0.3 is 15.7 Å². The van der Waals surface area contributed by atoms with Crippen LogP contribution >= 0.6 is 0 Å². The van der Waals surface area contributed by atoms with Gasteiger partial charge in [0.25, 0.3) is 0 Å². The molecular formula is C18H22N2O2. The Balaban J connectivity index is 1.94. The van der Waals surface area contributed by atoms with Crippen LogP contribution in [0, 0.1) is 0 Å². The minimum Gasteiger partial charge on any atom is -0.508 e. The second-order valence-electron chi connectivity index (χ2n) is 5.26. The van der Waals surface area contributed by atoms with Gasteiger partial charge in [-0.3, -0.25) is 4.79 Å². The lowest BCUT2D eigenvalue weighted by molar-refractivity contribution is -0.115. The van der Waals surface area contributed by atoms with E-state index in [2.05, 4.69) is 17.6 Å². The van der Waals surface area contributed by atoms with E-state index in [4.69, 9.17) is 0 Å². The molecule has 0 bridgehead atoms. The first-order valence-electron chi connectivity index (χ1n) is 7.50. The van der Waals surface area contributed by atoms with E-state index in [-0.39, 0.29) is 11.9 Å². The fourth-order valence-corrected chi connectivity index (χ4v) is 2.15. The Hall–Kier alpha value is -2.33. The maximum Gasteiger partial charge on any atom is 0.224 e. The minimum atomic E-state index is 0.0125. The molecule has 0 aliphatic rings. The molecule has 0 aliphatic heterocycles. The van der Waals surface area contributed by atoms with Crippen molar-refractivity contribution in [1.82, 2.24) is 5.32 Å². The first-order valence-corrected chi connectivity index (χ1v) is 7.50. The van der Waals surface area contributed by atoms with Crippen LogP contribution in [0.4, 0.5) is 5.69 Å². The summed E-state index contributed by atoms with van der Waals surface area (Å²) in [6.45, 7) is 4.50. The van der Waals surface area contributed by atoms with Crippen LogP contribution in [0.2, 0.25) is 0 Å². The number of hydrogen-bond donors (Lipinski definition) is 3. The highest BCUT2D eigenvalue weighted by Crippen LogP contribution is 2.19. The number of carbonyl (C=O) groups excluding carboxylic acids is 1. The number of amides is 1. The third-order valence-corrected chi connectivity index (χ3v) is 3.61. The largest absolute Gasteiger partial charge is 0.508 e. The summed E-state index contributed by atoms with van der Waals surface area (Å²) in [7, 11) is 0. The SMILES string of the molecule is CCC(=O)Nc1ccc(C(C)NCc2ccccc2O)cc1. The fraction of sp³-hybridized carbons (Fsp3) is 0.278. The summed E-state index contributed by atoms with van der Waals surface area (Å²) in [5.41, 5.74) is 2.81. The van der Waals surface area contributed by atoms with Gasteiger partial charge in [0.05, 0.1) is 0 Å². The van der Waals surface area contributed by atoms with E-state index in [1.54, 1.807) is 6.07 Å². The molecule has 0 aromatic heterocycles. The molecule has 0 aliphatic carbocycles. The van der Waals surface area contributed by atoms with Gasteiger partial charge in [-0.2, -0.15) is 0 Å². The van der Waals surface area contributed by atoms with Crippen molar-refractivity contribution >= 4 is 11.6 Å². The summed E-state index contributed by atoms with van der Waals surface area (Å²) in [6.07, 6.45) is 0.472. The normalized spacial score (nSPS) is 11.9. The molecule has 0 fully saturated rings. The Morgan fingerprint density at radius 3 is 2.45 bits per heavy atom. The van der Waals surface area contributed by atoms with Crippen molar-refractivity contribution in [2.45, 2.75) is 32.9 Å². The molecule has 0 saturated heterocycles. The second-order valence-corrected chi connectivity index (χ2v) is 5.26. The van der Waals surface area contributed by atoms with Crippen LogP contribution in [-0.2, 0) is 11.3 Å². The van der Waals surface area contributed by atoms with E-state index in [1.165, 1.54) is 0 Å². The monoisotopic (exact) mass is 298 g/mol. The number of hydrogen-bond acceptors (Lipinski definition) is 3. The topological polar surface area (TPSA) is 61.4 Å². The Kier molecular flexibility index (Phi) is 5.55. The second kappa shape index (κ2) is 7.61. The molecule has 4 nitrogen and oxygen atoms in total. The molecule has 0 spiro atoms. The maximum absolute atomic E-state index is 11.3. The lowest BCUT2D eigenvalue weighted by Gasteiger charge is -2.15. The number of carbonyl (C=O) groups is 1. The molecule has 2 aromatic carbocycles. The molecule has 1 amide bonds. The number of para-hydroxylation sites is 1. The number of aromatic hydroxyl groups is 1. The summed E-state index contributed by atoms with van der Waals surface area (Å²) in [4.78, 5) is 11.3. The van der Waals surface area contributed by atoms with E-state index >= 15 is 0 Å². The number of nitrogens with one attached hydrogen (secondary N) is 2. The molecule has 116 valence electrons. The average molecular weight is 298 g/mol. The van der Waals surface area contributed by atoms with Crippen molar-refractivity contribution in [2.75, 3.05) is 5.32 Å². The van der Waals surface area contributed by atoms with Gasteiger partial charge in [0.15, 0.2) is 0 Å². The van der Waals surface area contributed by atoms with Crippen molar-refractivity contribution < 1.29 is 9.90 Å². The molecule has 3 N–H and O–H groups in total. The molecule has 1 atom stereocenters. The molecule has 0 heterocycles. The van der Waals surface area contributed by atoms with Crippen LogP contribution in [0.5, 0.6) is 5.75 Å². The molecular weight excluding hydrogens is 276 g/mol. The van der Waals surface area contributed by atoms with Gasteiger partial charge in [0, 0.05) is 30.3 Å². The smallest absolute Gasteiger partial charge is 0.224 e. The predicted octanol–water partition coefficient (Wildman–Crippen LogP) is 3.59. The zero-order valence-corrected chi connectivity index (χ0v) is 13.0. The van der Waals surface area contributed by atoms with Crippen LogP contribution in [0.15, 0.2) is 48.5 Å². The molecule has 2 rings (SSSR count). The summed E-state index contributed by atoms with van der Waals surface area (Å²) in [5.74, 6) is 0.318. The van der Waals surface area contributed by atoms with Gasteiger partial charge in [-0.25, -0.2) is 0 Å². The van der Waals surface area contributed by atoms with E-state index in [9.17, 15) is 9.90 Å². The summed E-state index contributed by atoms with van der Waals surface area (Å²) >= 11 is 0. The van der Waals surface area contributed by atoms with E-state index in [0.717, 1.165) is 16.8 Å². The van der Waals surface area contributed by atoms with Crippen molar-refractivity contribution in [2.24, 2.45) is 0 Å². The average Bonchev–Trinajstić information content (AvgIpc) is 2.54. The Bertz CT molecular complexity index is 623. The number of benzene rings is 2. The fourth-order valence-electron chi connectivity index (χ4n) is 2.15. The quantitative estimate of drug-likeness (QED) is 0.763. The van der Waals surface area contributed by atoms with Crippen molar-refractivity contribution in [3.63, 3.8) is 0 Å². The van der Waals surface area contributed by atoms with E-state index in [0.29, 0.717) is 18.7 Å². The first-order chi connectivity index (χ1) is 10.6. The highest BCUT2D eigenvalue weighted by molar-refractivity contribution is 5.90. The van der Waals surface area contributed by atoms with Crippen molar-refractivity contribution in [3.8, 4) is 5.75 Å². The van der Waals surface area contributed by atoms with Gasteiger partial charge >= 0.3 is 0 Å². The minimum absolute atomic E-state index is 0.0125. The van der Waals surface area contributed by atoms with E-state index in [1.807, 2.05) is 49.4 Å². The molecule has 1 unspecified atom stereocenters. The highest BCUT2D eigenvalue weighted by Gasteiger charge is 2.07. The van der Waals surface area contributed by atoms with Crippen molar-refractivity contribution in [1.29, 1.82) is 0 Å². The maximum atomic E-state index is 11.3. The Morgan fingerprint density at radius 1 is 1.14 bits per heavy atom. The third-order valence-electron chi connectivity index (χ3n) is 3.61. The molecule has 0 radical (unpaired) electrons. The molecule has 22 heavy (non-hydrogen) atoms. The van der Waals surface area contributed by atoms with Gasteiger partial charge in [0.1, 0.15) is 5.75 Å². The number of rotatable bonds is 6. The third kappa shape index (κ3) is 4.33. The van der Waals surface area contributed by atoms with Crippen LogP contribution in [-0.4, -0.2) is 11.0 Å². The van der Waals surface area contributed by atoms with Gasteiger partial charge in [-0.1, -0.05) is 37.3 Å². The summed E-state index contributed by atoms with van der Waals surface area (Å²) in [6, 6.07) is 15.3. The highest BCUT2D eigenvalue weighted by atomic mass is 16.3. The van der Waals surface area contributed by atoms with Gasteiger partial charge in [0.2, 0.25) is 5.91 Å². The van der Waals surface area contributed by atoms with Gasteiger partial charge in [-0.15, -0.1) is 0 Å². The summed E-state index contributed by atoms with van der Waals surface area (Å²) < 4.78 is 0. The first kappa shape index (κ1) is 16.0. The molecule has 2 aromatic rings. The lowest BCUT2D eigenvalue weighted by Crippen LogP contribution is -2.18. The van der Waals surface area contributed by atoms with Crippen LogP contribution in [0.1, 0.15) is 37.4 Å². The molecule has 0 saturated carbocycles. The zero-order valence-electron chi connectivity index (χ0n) is 13.0. The Morgan fingerprint density at radius 2 is 1.82 bits per heavy atom. The Labute approximate surface area is 131 Å². The standard InChI is InChI=1S/C18H22N2O2/c1-3-18(22)20-16-10-8-14(9-11-16)13(2)19-12-15-6-4-5-7-17(15)21/h4-11,13,19,21H,3,12H2,1-2H3,(H,20,22). The van der Waals surface area contributed by atoms with Crippen LogP contribution < -0.4 is 10.6 Å². The van der Waals surface area contributed by atoms with Crippen molar-refractivity contribution in [3.05, 3.63) is 59.7 Å². The molecule has 4 heteroatoms. The summed E-state index contributed by atoms with van der Waals surface area (Å²) in [5, 5.41) is 16.0. The number of phenols is 1. The van der Waals surface area contributed by atoms with Crippen LogP contribution in [0.3, 0.4) is 0 Å². The number of phenolic OH excluding ortho intramolecular Hbond substituents is 1. The number of anilines is 1. The predicted molar refractivity (Wildman–Crippen MR) is 88.7 cm³/mol. The van der Waals surface area contributed by atoms with Crippen LogP contribution in [0.25, 0.3) is 0 Å².